The number of morpholine rings is 1. The molecule has 2 rings (SSSR count). The monoisotopic (exact) mass is 221 g/mol. The average molecular weight is 221 g/mol. The number of aliphatic hydroxyl groups is 1. The summed E-state index contributed by atoms with van der Waals surface area (Å²) in [5, 5.41) is 9.51. The number of nitrogens with zero attached hydrogens (tertiary/aromatic N) is 1. The van der Waals surface area contributed by atoms with Crippen LogP contribution in [-0.2, 0) is 11.3 Å². The molecule has 1 N–H and O–H groups in total. The van der Waals surface area contributed by atoms with E-state index in [1.807, 2.05) is 6.07 Å². The van der Waals surface area contributed by atoms with Crippen molar-refractivity contribution in [2.75, 3.05) is 19.7 Å². The Morgan fingerprint density at radius 3 is 2.88 bits per heavy atom. The van der Waals surface area contributed by atoms with E-state index < -0.39 is 6.10 Å². The van der Waals surface area contributed by atoms with Gasteiger partial charge in [0.05, 0.1) is 18.8 Å². The summed E-state index contributed by atoms with van der Waals surface area (Å²) in [5.41, 5.74) is 1.31. The number of hydrogen-bond acceptors (Lipinski definition) is 3. The molecule has 0 bridgehead atoms. The molecule has 3 heteroatoms. The largest absolute Gasteiger partial charge is 0.391 e. The zero-order valence-electron chi connectivity index (χ0n) is 9.67. The van der Waals surface area contributed by atoms with Crippen LogP contribution in [0.2, 0.25) is 0 Å². The van der Waals surface area contributed by atoms with E-state index in [0.29, 0.717) is 6.61 Å². The van der Waals surface area contributed by atoms with Crippen LogP contribution in [0.25, 0.3) is 0 Å². The summed E-state index contributed by atoms with van der Waals surface area (Å²) in [7, 11) is 0. The van der Waals surface area contributed by atoms with Crippen LogP contribution in [0.5, 0.6) is 0 Å². The summed E-state index contributed by atoms with van der Waals surface area (Å²) in [6.07, 6.45) is -0.434. The van der Waals surface area contributed by atoms with Gasteiger partial charge in [-0.3, -0.25) is 4.90 Å². The van der Waals surface area contributed by atoms with Crippen molar-refractivity contribution in [1.82, 2.24) is 4.90 Å². The van der Waals surface area contributed by atoms with Crippen molar-refractivity contribution in [3.63, 3.8) is 0 Å². The van der Waals surface area contributed by atoms with Gasteiger partial charge in [0.2, 0.25) is 0 Å². The van der Waals surface area contributed by atoms with Crippen LogP contribution in [0.3, 0.4) is 0 Å². The standard InChI is InChI=1S/C13H19NO2/c1-11(15)13-10-14(7-8-16-13)9-12-5-3-2-4-6-12/h2-6,11,13,15H,7-10H2,1H3. The molecule has 1 heterocycles. The molecule has 2 atom stereocenters. The summed E-state index contributed by atoms with van der Waals surface area (Å²) in [6.45, 7) is 5.19. The number of hydrogen-bond donors (Lipinski definition) is 1. The highest BCUT2D eigenvalue weighted by Gasteiger charge is 2.23. The zero-order valence-corrected chi connectivity index (χ0v) is 9.67. The fourth-order valence-corrected chi connectivity index (χ4v) is 2.01. The van der Waals surface area contributed by atoms with E-state index in [0.717, 1.165) is 19.6 Å². The van der Waals surface area contributed by atoms with Crippen molar-refractivity contribution >= 4 is 0 Å². The van der Waals surface area contributed by atoms with Crippen LogP contribution in [-0.4, -0.2) is 41.9 Å². The highest BCUT2D eigenvalue weighted by molar-refractivity contribution is 5.14. The van der Waals surface area contributed by atoms with Crippen LogP contribution in [0.1, 0.15) is 12.5 Å². The van der Waals surface area contributed by atoms with Gasteiger partial charge in [-0.05, 0) is 12.5 Å². The van der Waals surface area contributed by atoms with Crippen molar-refractivity contribution in [3.05, 3.63) is 35.9 Å². The third kappa shape index (κ3) is 3.04. The third-order valence-electron chi connectivity index (χ3n) is 2.96. The van der Waals surface area contributed by atoms with E-state index in [9.17, 15) is 5.11 Å². The Hall–Kier alpha value is -0.900. The molecule has 1 aliphatic heterocycles. The Morgan fingerprint density at radius 2 is 2.19 bits per heavy atom. The van der Waals surface area contributed by atoms with Gasteiger partial charge in [-0.1, -0.05) is 30.3 Å². The van der Waals surface area contributed by atoms with Gasteiger partial charge in [0.15, 0.2) is 0 Å². The highest BCUT2D eigenvalue weighted by Crippen LogP contribution is 2.12. The lowest BCUT2D eigenvalue weighted by atomic mass is 10.1. The first-order chi connectivity index (χ1) is 7.75. The SMILES string of the molecule is CC(O)C1CN(Cc2ccccc2)CCO1. The smallest absolute Gasteiger partial charge is 0.0958 e. The first-order valence-electron chi connectivity index (χ1n) is 5.81. The Labute approximate surface area is 96.6 Å². The normalized spacial score (nSPS) is 24.2. The lowest BCUT2D eigenvalue weighted by Gasteiger charge is -2.34. The molecule has 1 saturated heterocycles. The molecule has 1 aromatic rings. The Morgan fingerprint density at radius 1 is 1.44 bits per heavy atom. The molecule has 0 aliphatic carbocycles. The van der Waals surface area contributed by atoms with Gasteiger partial charge in [-0.2, -0.15) is 0 Å². The topological polar surface area (TPSA) is 32.7 Å². The second-order valence-corrected chi connectivity index (χ2v) is 4.37. The van der Waals surface area contributed by atoms with E-state index in [4.69, 9.17) is 4.74 Å². The maximum absolute atomic E-state index is 9.51. The maximum Gasteiger partial charge on any atom is 0.0958 e. The Kier molecular flexibility index (Phi) is 3.93. The van der Waals surface area contributed by atoms with E-state index >= 15 is 0 Å². The molecule has 1 aromatic carbocycles. The molecule has 1 fully saturated rings. The maximum atomic E-state index is 9.51. The molecular weight excluding hydrogens is 202 g/mol. The summed E-state index contributed by atoms with van der Waals surface area (Å²) < 4.78 is 5.52. The van der Waals surface area contributed by atoms with Gasteiger partial charge in [0, 0.05) is 19.6 Å². The quantitative estimate of drug-likeness (QED) is 0.834. The van der Waals surface area contributed by atoms with Crippen molar-refractivity contribution in [3.8, 4) is 0 Å². The minimum absolute atomic E-state index is 0.0440. The molecule has 0 saturated carbocycles. The Balaban J connectivity index is 1.90. The highest BCUT2D eigenvalue weighted by atomic mass is 16.5. The molecule has 0 amide bonds. The average Bonchev–Trinajstić information content (AvgIpc) is 2.30. The molecule has 2 unspecified atom stereocenters. The lowest BCUT2D eigenvalue weighted by molar-refractivity contribution is -0.0845. The van der Waals surface area contributed by atoms with Crippen molar-refractivity contribution in [1.29, 1.82) is 0 Å². The fraction of sp³-hybridized carbons (Fsp3) is 0.538. The second kappa shape index (κ2) is 5.43. The zero-order chi connectivity index (χ0) is 11.4. The number of ether oxygens (including phenoxy) is 1. The van der Waals surface area contributed by atoms with Crippen LogP contribution in [0, 0.1) is 0 Å². The van der Waals surface area contributed by atoms with Crippen molar-refractivity contribution in [2.24, 2.45) is 0 Å². The lowest BCUT2D eigenvalue weighted by Crippen LogP contribution is -2.46. The molecule has 3 nitrogen and oxygen atoms in total. The van der Waals surface area contributed by atoms with Crippen molar-refractivity contribution in [2.45, 2.75) is 25.7 Å². The van der Waals surface area contributed by atoms with E-state index in [2.05, 4.69) is 29.2 Å². The number of aliphatic hydroxyl groups excluding tert-OH is 1. The summed E-state index contributed by atoms with van der Waals surface area (Å²) in [6, 6.07) is 10.4. The van der Waals surface area contributed by atoms with Gasteiger partial charge in [0.1, 0.15) is 0 Å². The van der Waals surface area contributed by atoms with Gasteiger partial charge in [-0.15, -0.1) is 0 Å². The van der Waals surface area contributed by atoms with E-state index in [1.54, 1.807) is 6.92 Å². The van der Waals surface area contributed by atoms with E-state index in [-0.39, 0.29) is 6.10 Å². The van der Waals surface area contributed by atoms with Crippen LogP contribution in [0.4, 0.5) is 0 Å². The first kappa shape index (κ1) is 11.6. The van der Waals surface area contributed by atoms with Gasteiger partial charge < -0.3 is 9.84 Å². The van der Waals surface area contributed by atoms with Crippen molar-refractivity contribution < 1.29 is 9.84 Å². The summed E-state index contributed by atoms with van der Waals surface area (Å²) in [4.78, 5) is 2.33. The van der Waals surface area contributed by atoms with E-state index in [1.165, 1.54) is 5.56 Å². The summed E-state index contributed by atoms with van der Waals surface area (Å²) >= 11 is 0. The van der Waals surface area contributed by atoms with Gasteiger partial charge in [0.25, 0.3) is 0 Å². The molecular formula is C13H19NO2. The van der Waals surface area contributed by atoms with Crippen LogP contribution >= 0.6 is 0 Å². The Bertz CT molecular complexity index is 313. The first-order valence-corrected chi connectivity index (χ1v) is 5.81. The van der Waals surface area contributed by atoms with Gasteiger partial charge >= 0.3 is 0 Å². The molecule has 16 heavy (non-hydrogen) atoms. The molecule has 88 valence electrons. The predicted molar refractivity (Wildman–Crippen MR) is 63.1 cm³/mol. The molecule has 0 radical (unpaired) electrons. The minimum atomic E-state index is -0.390. The molecule has 1 aliphatic rings. The second-order valence-electron chi connectivity index (χ2n) is 4.37. The van der Waals surface area contributed by atoms with Crippen LogP contribution in [0.15, 0.2) is 30.3 Å². The molecule has 0 spiro atoms. The summed E-state index contributed by atoms with van der Waals surface area (Å²) in [5.74, 6) is 0. The number of rotatable bonds is 3. The predicted octanol–water partition coefficient (Wildman–Crippen LogP) is 1.27. The third-order valence-corrected chi connectivity index (χ3v) is 2.96. The minimum Gasteiger partial charge on any atom is -0.391 e. The molecule has 0 aromatic heterocycles. The fourth-order valence-electron chi connectivity index (χ4n) is 2.01. The van der Waals surface area contributed by atoms with Crippen LogP contribution < -0.4 is 0 Å². The van der Waals surface area contributed by atoms with Gasteiger partial charge in [-0.25, -0.2) is 0 Å². The number of benzene rings is 1.